The van der Waals surface area contributed by atoms with Crippen LogP contribution in [0.15, 0.2) is 35.3 Å². The number of piperidine rings is 1. The van der Waals surface area contributed by atoms with Crippen molar-refractivity contribution < 1.29 is 32.3 Å². The molecule has 2 aliphatic rings. The van der Waals surface area contributed by atoms with Crippen molar-refractivity contribution in [1.82, 2.24) is 34.0 Å². The van der Waals surface area contributed by atoms with E-state index < -0.39 is 47.1 Å². The Morgan fingerprint density at radius 1 is 1.08 bits per heavy atom. The third-order valence-electron chi connectivity index (χ3n) is 8.38. The maximum atomic E-state index is 14.3. The van der Waals surface area contributed by atoms with Gasteiger partial charge in [0.25, 0.3) is 11.5 Å². The van der Waals surface area contributed by atoms with Gasteiger partial charge in [-0.2, -0.15) is 22.7 Å². The Labute approximate surface area is 280 Å². The summed E-state index contributed by atoms with van der Waals surface area (Å²) in [6, 6.07) is 4.55. The largest absolute Gasteiger partial charge is 0.505 e. The van der Waals surface area contributed by atoms with Crippen LogP contribution in [0.2, 0.25) is 5.15 Å². The van der Waals surface area contributed by atoms with Crippen LogP contribution in [0.1, 0.15) is 41.6 Å². The number of nitrogens with one attached hydrogen (secondary N) is 1. The van der Waals surface area contributed by atoms with Crippen LogP contribution in [0.4, 0.5) is 34.9 Å². The van der Waals surface area contributed by atoms with Crippen molar-refractivity contribution in [3.8, 4) is 5.75 Å². The standard InChI is InChI=1S/C30H31ClF4N10O4/c1-2-19-24(41-11-13-42(14-12-41)26(48)23-20(46)6-3-9-36-23)27(49)45-29(39-28(40-45)43-10-4-5-17(32)15-43)44(19)16-22(47)37-18-7-8-21(30(33,34)35)38-25(18)31/h3,6-9,17,46H,2,4-5,10-16H2,1H3,(H,37,47)/t17-/m1/s1. The second-order valence-electron chi connectivity index (χ2n) is 11.6. The average molecular weight is 707 g/mol. The normalized spacial score (nSPS) is 17.1. The highest BCUT2D eigenvalue weighted by Crippen LogP contribution is 2.31. The molecule has 2 N–H and O–H groups in total. The molecule has 14 nitrogen and oxygen atoms in total. The maximum Gasteiger partial charge on any atom is 0.433 e. The Balaban J connectivity index is 1.35. The van der Waals surface area contributed by atoms with Gasteiger partial charge in [0, 0.05) is 38.9 Å². The van der Waals surface area contributed by atoms with Crippen molar-refractivity contribution in [1.29, 1.82) is 0 Å². The predicted octanol–water partition coefficient (Wildman–Crippen LogP) is 3.16. The highest BCUT2D eigenvalue weighted by Gasteiger charge is 2.34. The number of carbonyl (C=O) groups is 2. The molecule has 19 heteroatoms. The minimum absolute atomic E-state index is 0.00724. The summed E-state index contributed by atoms with van der Waals surface area (Å²) >= 11 is 5.98. The quantitative estimate of drug-likeness (QED) is 0.216. The second-order valence-corrected chi connectivity index (χ2v) is 11.9. The van der Waals surface area contributed by atoms with E-state index in [1.807, 2.05) is 0 Å². The first kappa shape index (κ1) is 33.9. The number of aromatic nitrogens is 6. The molecule has 4 aromatic rings. The fourth-order valence-electron chi connectivity index (χ4n) is 6.02. The smallest absolute Gasteiger partial charge is 0.433 e. The molecule has 2 amide bonds. The molecule has 0 unspecified atom stereocenters. The number of fused-ring (bicyclic) bond motifs is 1. The number of rotatable bonds is 7. The van der Waals surface area contributed by atoms with E-state index in [2.05, 4.69) is 25.4 Å². The predicted molar refractivity (Wildman–Crippen MR) is 170 cm³/mol. The van der Waals surface area contributed by atoms with E-state index in [0.717, 1.165) is 10.6 Å². The molecular formula is C30H31ClF4N10O4. The number of aromatic hydroxyl groups is 1. The summed E-state index contributed by atoms with van der Waals surface area (Å²) in [5.74, 6) is -1.31. The van der Waals surface area contributed by atoms with Crippen LogP contribution in [0.3, 0.4) is 0 Å². The molecule has 49 heavy (non-hydrogen) atoms. The Hall–Kier alpha value is -5.00. The number of nitrogens with zero attached hydrogens (tertiary/aromatic N) is 9. The first-order chi connectivity index (χ1) is 23.3. The van der Waals surface area contributed by atoms with E-state index in [9.17, 15) is 37.1 Å². The molecule has 260 valence electrons. The molecule has 0 aliphatic carbocycles. The van der Waals surface area contributed by atoms with Crippen LogP contribution in [-0.2, 0) is 23.9 Å². The zero-order valence-corrected chi connectivity index (χ0v) is 26.9. The maximum absolute atomic E-state index is 14.3. The minimum atomic E-state index is -4.74. The number of anilines is 3. The van der Waals surface area contributed by atoms with Gasteiger partial charge in [0.05, 0.1) is 17.9 Å². The summed E-state index contributed by atoms with van der Waals surface area (Å²) in [7, 11) is 0. The summed E-state index contributed by atoms with van der Waals surface area (Å²) < 4.78 is 56.2. The summed E-state index contributed by atoms with van der Waals surface area (Å²) in [6.07, 6.45) is -3.26. The second kappa shape index (κ2) is 13.5. The Kier molecular flexibility index (Phi) is 9.32. The summed E-state index contributed by atoms with van der Waals surface area (Å²) in [4.78, 5) is 57.4. The Morgan fingerprint density at radius 2 is 1.84 bits per heavy atom. The highest BCUT2D eigenvalue weighted by molar-refractivity contribution is 6.32. The molecule has 2 fully saturated rings. The molecule has 0 bridgehead atoms. The van der Waals surface area contributed by atoms with Gasteiger partial charge in [0.1, 0.15) is 29.8 Å². The monoisotopic (exact) mass is 706 g/mol. The number of carbonyl (C=O) groups excluding carboxylic acids is 2. The van der Waals surface area contributed by atoms with Crippen LogP contribution in [0, 0.1) is 0 Å². The molecule has 6 heterocycles. The molecular weight excluding hydrogens is 676 g/mol. The van der Waals surface area contributed by atoms with Gasteiger partial charge in [-0.25, -0.2) is 14.4 Å². The van der Waals surface area contributed by atoms with Gasteiger partial charge in [-0.1, -0.05) is 18.5 Å². The average Bonchev–Trinajstić information content (AvgIpc) is 3.53. The zero-order valence-electron chi connectivity index (χ0n) is 26.1. The first-order valence-electron chi connectivity index (χ1n) is 15.5. The number of pyridine rings is 2. The number of hydrogen-bond donors (Lipinski definition) is 2. The molecule has 0 radical (unpaired) electrons. The summed E-state index contributed by atoms with van der Waals surface area (Å²) in [6.45, 7) is 2.61. The van der Waals surface area contributed by atoms with Crippen molar-refractivity contribution in [3.05, 3.63) is 63.1 Å². The first-order valence-corrected chi connectivity index (χ1v) is 15.9. The van der Waals surface area contributed by atoms with Crippen LogP contribution in [0.25, 0.3) is 5.78 Å². The molecule has 2 saturated heterocycles. The van der Waals surface area contributed by atoms with Crippen LogP contribution in [-0.4, -0.2) is 96.4 Å². The SMILES string of the molecule is CCc1c(N2CCN(C(=O)c3ncccc3O)CC2)c(=O)n2nc(N3CCC[C@@H](F)C3)nc2n1CC(=O)Nc1ccc(C(F)(F)F)nc1Cl. The van der Waals surface area contributed by atoms with Crippen molar-refractivity contribution in [2.24, 2.45) is 0 Å². The minimum Gasteiger partial charge on any atom is -0.505 e. The molecule has 1 atom stereocenters. The number of amides is 2. The van der Waals surface area contributed by atoms with Crippen LogP contribution >= 0.6 is 11.6 Å². The fraction of sp³-hybridized carbons (Fsp3) is 0.433. The lowest BCUT2D eigenvalue weighted by Gasteiger charge is -2.36. The van der Waals surface area contributed by atoms with Crippen LogP contribution in [0.5, 0.6) is 5.75 Å². The van der Waals surface area contributed by atoms with Gasteiger partial charge in [-0.3, -0.25) is 14.4 Å². The topological polar surface area (TPSA) is 154 Å². The highest BCUT2D eigenvalue weighted by atomic mass is 35.5. The molecule has 0 spiro atoms. The van der Waals surface area contributed by atoms with E-state index in [0.29, 0.717) is 31.1 Å². The zero-order chi connectivity index (χ0) is 35.0. The lowest BCUT2D eigenvalue weighted by molar-refractivity contribution is -0.141. The van der Waals surface area contributed by atoms with Gasteiger partial charge in [-0.05, 0) is 43.5 Å². The van der Waals surface area contributed by atoms with Crippen molar-refractivity contribution >= 4 is 46.5 Å². The van der Waals surface area contributed by atoms with E-state index in [4.69, 9.17) is 11.6 Å². The molecule has 2 aliphatic heterocycles. The third-order valence-corrected chi connectivity index (χ3v) is 8.67. The summed E-state index contributed by atoms with van der Waals surface area (Å²) in [5, 5.41) is 16.5. The van der Waals surface area contributed by atoms with Crippen molar-refractivity contribution in [2.75, 3.05) is 54.4 Å². The molecule has 0 saturated carbocycles. The lowest BCUT2D eigenvalue weighted by atomic mass is 10.1. The third kappa shape index (κ3) is 6.81. The van der Waals surface area contributed by atoms with E-state index in [1.165, 1.54) is 27.8 Å². The van der Waals surface area contributed by atoms with Crippen molar-refractivity contribution in [2.45, 2.75) is 45.1 Å². The summed E-state index contributed by atoms with van der Waals surface area (Å²) in [5.41, 5.74) is -1.38. The number of alkyl halides is 4. The number of piperazine rings is 1. The molecule has 6 rings (SSSR count). The Bertz CT molecular complexity index is 1960. The van der Waals surface area contributed by atoms with Crippen LogP contribution < -0.4 is 20.7 Å². The van der Waals surface area contributed by atoms with Gasteiger partial charge < -0.3 is 29.7 Å². The van der Waals surface area contributed by atoms with Gasteiger partial charge >= 0.3 is 6.18 Å². The molecule has 4 aromatic heterocycles. The van der Waals surface area contributed by atoms with E-state index in [1.54, 1.807) is 16.7 Å². The van der Waals surface area contributed by atoms with E-state index >= 15 is 0 Å². The van der Waals surface area contributed by atoms with E-state index in [-0.39, 0.29) is 73.7 Å². The number of hydrogen-bond acceptors (Lipinski definition) is 10. The van der Waals surface area contributed by atoms with Gasteiger partial charge in [0.2, 0.25) is 17.6 Å². The number of halogens is 5. The lowest BCUT2D eigenvalue weighted by Crippen LogP contribution is -2.51. The van der Waals surface area contributed by atoms with Gasteiger partial charge in [0.15, 0.2) is 10.8 Å². The van der Waals surface area contributed by atoms with Crippen molar-refractivity contribution in [3.63, 3.8) is 0 Å². The van der Waals surface area contributed by atoms with Gasteiger partial charge in [-0.15, -0.1) is 5.10 Å². The Morgan fingerprint density at radius 3 is 2.49 bits per heavy atom. The fourth-order valence-corrected chi connectivity index (χ4v) is 6.22. The molecule has 0 aromatic carbocycles.